The Balaban J connectivity index is 2.02. The molecular weight excluding hydrogens is 372 g/mol. The van der Waals surface area contributed by atoms with Crippen LogP contribution >= 0.6 is 0 Å². The molecule has 2 aromatic carbocycles. The second-order valence-corrected chi connectivity index (χ2v) is 7.95. The van der Waals surface area contributed by atoms with Crippen molar-refractivity contribution in [2.45, 2.75) is 23.5 Å². The van der Waals surface area contributed by atoms with E-state index in [1.54, 1.807) is 0 Å². The lowest BCUT2D eigenvalue weighted by molar-refractivity contribution is -0.0600. The van der Waals surface area contributed by atoms with Crippen LogP contribution < -0.4 is 5.01 Å². The highest BCUT2D eigenvalue weighted by atomic mass is 32.2. The first kappa shape index (κ1) is 18.4. The van der Waals surface area contributed by atoms with Crippen LogP contribution in [0.1, 0.15) is 18.0 Å². The van der Waals surface area contributed by atoms with Gasteiger partial charge in [0.2, 0.25) is 0 Å². The van der Waals surface area contributed by atoms with Crippen LogP contribution in [0.15, 0.2) is 58.5 Å². The summed E-state index contributed by atoms with van der Waals surface area (Å²) in [4.78, 5) is 0.0634. The van der Waals surface area contributed by atoms with E-state index >= 15 is 0 Å². The fraction of sp³-hybridized carbons (Fsp3) is 0.235. The summed E-state index contributed by atoms with van der Waals surface area (Å²) in [5.74, 6) is -0.593. The highest BCUT2D eigenvalue weighted by molar-refractivity contribution is 7.90. The molecule has 1 atom stereocenters. The predicted molar refractivity (Wildman–Crippen MR) is 89.3 cm³/mol. The van der Waals surface area contributed by atoms with Gasteiger partial charge in [0.15, 0.2) is 9.84 Å². The third-order valence-corrected chi connectivity index (χ3v) is 5.13. The summed E-state index contributed by atoms with van der Waals surface area (Å²) < 4.78 is 76.0. The fourth-order valence-electron chi connectivity index (χ4n) is 2.74. The maximum Gasteiger partial charge on any atom is 0.431 e. The monoisotopic (exact) mass is 386 g/mol. The maximum atomic E-state index is 13.5. The number of sulfone groups is 1. The molecule has 0 amide bonds. The van der Waals surface area contributed by atoms with Gasteiger partial charge in [-0.25, -0.2) is 12.8 Å². The second-order valence-electron chi connectivity index (χ2n) is 5.93. The average molecular weight is 386 g/mol. The first-order valence-electron chi connectivity index (χ1n) is 7.55. The van der Waals surface area contributed by atoms with Gasteiger partial charge >= 0.3 is 6.18 Å². The van der Waals surface area contributed by atoms with E-state index in [1.165, 1.54) is 42.5 Å². The summed E-state index contributed by atoms with van der Waals surface area (Å²) in [5.41, 5.74) is -0.343. The van der Waals surface area contributed by atoms with Gasteiger partial charge in [-0.2, -0.15) is 18.3 Å². The van der Waals surface area contributed by atoms with Gasteiger partial charge in [-0.3, -0.25) is 5.01 Å². The number of alkyl halides is 3. The normalized spacial score (nSPS) is 18.1. The number of benzene rings is 2. The number of halogens is 4. The topological polar surface area (TPSA) is 49.7 Å². The molecule has 3 rings (SSSR count). The zero-order valence-electron chi connectivity index (χ0n) is 13.5. The second kappa shape index (κ2) is 6.39. The third kappa shape index (κ3) is 3.72. The zero-order valence-corrected chi connectivity index (χ0v) is 14.4. The van der Waals surface area contributed by atoms with Crippen LogP contribution in [0.2, 0.25) is 0 Å². The van der Waals surface area contributed by atoms with Crippen molar-refractivity contribution < 1.29 is 26.0 Å². The van der Waals surface area contributed by atoms with Gasteiger partial charge in [0.25, 0.3) is 0 Å². The van der Waals surface area contributed by atoms with Gasteiger partial charge in [-0.1, -0.05) is 18.2 Å². The van der Waals surface area contributed by atoms with Crippen molar-refractivity contribution in [2.75, 3.05) is 11.3 Å². The molecule has 2 aromatic rings. The Morgan fingerprint density at radius 1 is 1.12 bits per heavy atom. The molecule has 0 aliphatic carbocycles. The molecule has 9 heteroatoms. The van der Waals surface area contributed by atoms with Crippen LogP contribution in [-0.4, -0.2) is 26.6 Å². The Kier molecular flexibility index (Phi) is 4.51. The molecular formula is C17H14F4N2O2S. The molecule has 1 unspecified atom stereocenters. The molecule has 0 aromatic heterocycles. The van der Waals surface area contributed by atoms with E-state index in [0.717, 1.165) is 17.3 Å². The molecule has 0 saturated heterocycles. The Hall–Kier alpha value is -2.42. The van der Waals surface area contributed by atoms with E-state index < -0.39 is 40.0 Å². The van der Waals surface area contributed by atoms with Crippen molar-refractivity contribution in [2.24, 2.45) is 5.10 Å². The van der Waals surface area contributed by atoms with Crippen LogP contribution in [0.5, 0.6) is 0 Å². The first-order valence-corrected chi connectivity index (χ1v) is 9.44. The van der Waals surface area contributed by atoms with Crippen LogP contribution in [0.4, 0.5) is 23.2 Å². The summed E-state index contributed by atoms with van der Waals surface area (Å²) in [5, 5.41) is 4.75. The standard InChI is InChI=1S/C17H14F4N2O2S/c1-26(24,25)14-7-5-11(6-8-14)15-10-16(17(19,20)21)22-23(15)13-4-2-3-12(18)9-13/h2-9,15H,10H2,1H3. The van der Waals surface area contributed by atoms with Gasteiger partial charge in [0.1, 0.15) is 11.5 Å². The van der Waals surface area contributed by atoms with Crippen molar-refractivity contribution >= 4 is 21.2 Å². The largest absolute Gasteiger partial charge is 0.431 e. The third-order valence-electron chi connectivity index (χ3n) is 4.00. The summed E-state index contributed by atoms with van der Waals surface area (Å²) in [6.45, 7) is 0. The van der Waals surface area contributed by atoms with E-state index in [4.69, 9.17) is 0 Å². The van der Waals surface area contributed by atoms with Crippen LogP contribution in [0.3, 0.4) is 0 Å². The minimum Gasteiger partial charge on any atom is -0.257 e. The molecule has 1 aliphatic rings. The Bertz CT molecular complexity index is 953. The van der Waals surface area contributed by atoms with Crippen molar-refractivity contribution in [1.82, 2.24) is 0 Å². The van der Waals surface area contributed by atoms with E-state index in [1.807, 2.05) is 0 Å². The van der Waals surface area contributed by atoms with Crippen molar-refractivity contribution in [3.8, 4) is 0 Å². The Morgan fingerprint density at radius 2 is 1.77 bits per heavy atom. The number of nitrogens with zero attached hydrogens (tertiary/aromatic N) is 2. The van der Waals surface area contributed by atoms with E-state index in [0.29, 0.717) is 5.56 Å². The predicted octanol–water partition coefficient (Wildman–Crippen LogP) is 4.10. The molecule has 0 bridgehead atoms. The molecule has 1 aliphatic heterocycles. The molecule has 0 saturated carbocycles. The maximum absolute atomic E-state index is 13.5. The van der Waals surface area contributed by atoms with Crippen LogP contribution in [-0.2, 0) is 9.84 Å². The van der Waals surface area contributed by atoms with E-state index in [-0.39, 0.29) is 10.6 Å². The van der Waals surface area contributed by atoms with Crippen LogP contribution in [0.25, 0.3) is 0 Å². The molecule has 0 N–H and O–H groups in total. The van der Waals surface area contributed by atoms with Crippen LogP contribution in [0, 0.1) is 5.82 Å². The van der Waals surface area contributed by atoms with Crippen molar-refractivity contribution in [3.05, 3.63) is 59.9 Å². The van der Waals surface area contributed by atoms with Gasteiger partial charge in [-0.05, 0) is 35.9 Å². The molecule has 0 spiro atoms. The van der Waals surface area contributed by atoms with E-state index in [2.05, 4.69) is 5.10 Å². The fourth-order valence-corrected chi connectivity index (χ4v) is 3.37. The van der Waals surface area contributed by atoms with E-state index in [9.17, 15) is 26.0 Å². The Labute approximate surface area is 147 Å². The molecule has 1 heterocycles. The average Bonchev–Trinajstić information content (AvgIpc) is 3.00. The summed E-state index contributed by atoms with van der Waals surface area (Å²) in [6, 6.07) is 9.87. The van der Waals surface area contributed by atoms with Crippen molar-refractivity contribution in [3.63, 3.8) is 0 Å². The molecule has 26 heavy (non-hydrogen) atoms. The molecule has 0 radical (unpaired) electrons. The number of hydrogen-bond acceptors (Lipinski definition) is 4. The number of hydrazone groups is 1. The first-order chi connectivity index (χ1) is 12.1. The van der Waals surface area contributed by atoms with Gasteiger partial charge < -0.3 is 0 Å². The summed E-state index contributed by atoms with van der Waals surface area (Å²) >= 11 is 0. The smallest absolute Gasteiger partial charge is 0.257 e. The minimum atomic E-state index is -4.60. The lowest BCUT2D eigenvalue weighted by Crippen LogP contribution is -2.21. The highest BCUT2D eigenvalue weighted by Crippen LogP contribution is 2.39. The zero-order chi connectivity index (χ0) is 19.1. The quantitative estimate of drug-likeness (QED) is 0.747. The van der Waals surface area contributed by atoms with Gasteiger partial charge in [0, 0.05) is 12.7 Å². The lowest BCUT2D eigenvalue weighted by Gasteiger charge is -2.24. The highest BCUT2D eigenvalue weighted by Gasteiger charge is 2.43. The summed E-state index contributed by atoms with van der Waals surface area (Å²) in [7, 11) is -3.42. The molecule has 0 fully saturated rings. The number of rotatable bonds is 3. The lowest BCUT2D eigenvalue weighted by atomic mass is 10.0. The van der Waals surface area contributed by atoms with Gasteiger partial charge in [-0.15, -0.1) is 0 Å². The minimum absolute atomic E-state index is 0.0634. The molecule has 138 valence electrons. The molecule has 4 nitrogen and oxygen atoms in total. The number of hydrogen-bond donors (Lipinski definition) is 0. The van der Waals surface area contributed by atoms with Gasteiger partial charge in [0.05, 0.1) is 16.6 Å². The summed E-state index contributed by atoms with van der Waals surface area (Å²) in [6.07, 6.45) is -3.98. The number of anilines is 1. The Morgan fingerprint density at radius 3 is 2.31 bits per heavy atom. The SMILES string of the molecule is CS(=O)(=O)c1ccc(C2CC(C(F)(F)F)=NN2c2cccc(F)c2)cc1. The van der Waals surface area contributed by atoms with Crippen molar-refractivity contribution in [1.29, 1.82) is 0 Å².